The number of imidazole rings is 2. The van der Waals surface area contributed by atoms with Gasteiger partial charge in [0, 0.05) is 49.6 Å². The minimum atomic E-state index is -4.85. The molecule has 0 aliphatic carbocycles. The van der Waals surface area contributed by atoms with Crippen LogP contribution in [0.1, 0.15) is 138 Å². The Kier molecular flexibility index (Phi) is 31.1. The third kappa shape index (κ3) is 27.2. The predicted octanol–water partition coefficient (Wildman–Crippen LogP) is -3.39. The van der Waals surface area contributed by atoms with Gasteiger partial charge >= 0.3 is 5.97 Å². The lowest BCUT2D eigenvalue weighted by molar-refractivity contribution is -0.159. The summed E-state index contributed by atoms with van der Waals surface area (Å²) in [5, 5.41) is 55.9. The zero-order valence-corrected chi connectivity index (χ0v) is 52.0. The van der Waals surface area contributed by atoms with E-state index in [2.05, 4.69) is 87.0 Å². The molecule has 1 fully saturated rings. The number of aromatic nitrogens is 4. The average molecular weight is 1270 g/mol. The number of nitrogens with one attached hydrogen (secondary N) is 12. The van der Waals surface area contributed by atoms with Crippen molar-refractivity contribution in [3.63, 3.8) is 0 Å². The molecule has 3 heterocycles. The highest BCUT2D eigenvalue weighted by Gasteiger charge is 2.40. The standard InChI is InChI=1S/C55H90N14O18S/c1-28(2)15-12-10-11-13-16-37(72)22-43(74)64-41(25-88(84,85)86)52(80)65-38(19-29(3)4)49(77)58-18-14-17-42(73)63-39(20-35-23-56-26-59-35)50(78)61-31(6)48(76)69-46-34(9)87-55(83)45(33(8)71)68-47(75)30(5)62-51(79)40(21-36-24-57-27-60-36)66-53(81)44(32(7)70)67-54(46)82/h23-24,26-34,37-41,44-46,70-72H,10-22,25H2,1-9H3,(H,56,59)(H,57,60)(H,58,77)(H,61,78)(H,62,79)(H,63,73)(H,64,74)(H,65,80)(H,66,81)(H,67,82)(H,68,75)(H,69,76)(H,84,85,86). The number of ether oxygens (including phenoxy) is 1. The van der Waals surface area contributed by atoms with Gasteiger partial charge in [-0.05, 0) is 65.7 Å². The molecule has 33 heteroatoms. The lowest BCUT2D eigenvalue weighted by Gasteiger charge is -2.31. The molecule has 1 aliphatic rings. The van der Waals surface area contributed by atoms with E-state index in [1.807, 2.05) is 0 Å². The van der Waals surface area contributed by atoms with Crippen LogP contribution in [0.15, 0.2) is 25.0 Å². The monoisotopic (exact) mass is 1270 g/mol. The van der Waals surface area contributed by atoms with Crippen LogP contribution in [0.5, 0.6) is 0 Å². The van der Waals surface area contributed by atoms with Gasteiger partial charge in [-0.2, -0.15) is 8.42 Å². The summed E-state index contributed by atoms with van der Waals surface area (Å²) < 4.78 is 39.0. The molecule has 13 atom stereocenters. The Labute approximate surface area is 511 Å². The molecule has 0 spiro atoms. The molecule has 0 saturated carbocycles. The van der Waals surface area contributed by atoms with Crippen molar-refractivity contribution in [2.45, 2.75) is 218 Å². The van der Waals surface area contributed by atoms with Crippen LogP contribution >= 0.6 is 0 Å². The van der Waals surface area contributed by atoms with Crippen molar-refractivity contribution in [3.8, 4) is 0 Å². The van der Waals surface area contributed by atoms with Gasteiger partial charge in [-0.25, -0.2) is 14.8 Å². The van der Waals surface area contributed by atoms with Crippen molar-refractivity contribution >= 4 is 75.2 Å². The number of aromatic amines is 2. The van der Waals surface area contributed by atoms with Gasteiger partial charge in [0.2, 0.25) is 59.1 Å². The number of cyclic esters (lactones) is 1. The zero-order valence-electron chi connectivity index (χ0n) is 51.2. The largest absolute Gasteiger partial charge is 0.458 e. The van der Waals surface area contributed by atoms with E-state index in [9.17, 15) is 81.0 Å². The second kappa shape index (κ2) is 36.6. The van der Waals surface area contributed by atoms with Gasteiger partial charge < -0.3 is 83.2 Å². The Balaban J connectivity index is 1.74. The van der Waals surface area contributed by atoms with E-state index in [0.29, 0.717) is 30.1 Å². The Morgan fingerprint density at radius 2 is 1.22 bits per heavy atom. The van der Waals surface area contributed by atoms with Gasteiger partial charge in [-0.1, -0.05) is 59.8 Å². The number of amides is 10. The van der Waals surface area contributed by atoms with Gasteiger partial charge in [-0.15, -0.1) is 0 Å². The van der Waals surface area contributed by atoms with Crippen LogP contribution < -0.4 is 53.2 Å². The first-order chi connectivity index (χ1) is 41.2. The van der Waals surface area contributed by atoms with E-state index in [0.717, 1.165) is 46.5 Å². The van der Waals surface area contributed by atoms with E-state index < -0.39 is 166 Å². The Morgan fingerprint density at radius 1 is 0.625 bits per heavy atom. The summed E-state index contributed by atoms with van der Waals surface area (Å²) >= 11 is 0. The second-order valence-corrected chi connectivity index (χ2v) is 24.5. The molecule has 0 aromatic carbocycles. The fraction of sp³-hybridized carbons (Fsp3) is 0.691. The number of aliphatic hydroxyl groups excluding tert-OH is 3. The van der Waals surface area contributed by atoms with Crippen LogP contribution in [0.3, 0.4) is 0 Å². The molecule has 1 saturated heterocycles. The molecule has 10 amide bonds. The summed E-state index contributed by atoms with van der Waals surface area (Å²) in [6.45, 7) is 13.5. The van der Waals surface area contributed by atoms with Crippen molar-refractivity contribution in [3.05, 3.63) is 36.4 Å². The Hall–Kier alpha value is -7.62. The minimum Gasteiger partial charge on any atom is -0.458 e. The lowest BCUT2D eigenvalue weighted by atomic mass is 10.0. The summed E-state index contributed by atoms with van der Waals surface area (Å²) in [7, 11) is -4.85. The summed E-state index contributed by atoms with van der Waals surface area (Å²) in [5.41, 5.74) is 0.719. The first-order valence-corrected chi connectivity index (χ1v) is 31.0. The van der Waals surface area contributed by atoms with Crippen molar-refractivity contribution in [2.75, 3.05) is 12.3 Å². The molecule has 32 nitrogen and oxygen atoms in total. The molecular weight excluding hydrogens is 1180 g/mol. The van der Waals surface area contributed by atoms with Crippen LogP contribution in [-0.4, -0.2) is 204 Å². The molecule has 2 aromatic rings. The number of carbonyl (C=O) groups excluding carboxylic acids is 11. The molecule has 13 unspecified atom stereocenters. The summed E-state index contributed by atoms with van der Waals surface area (Å²) in [4.78, 5) is 163. The van der Waals surface area contributed by atoms with Gasteiger partial charge in [0.05, 0.1) is 37.4 Å². The number of esters is 1. The highest BCUT2D eigenvalue weighted by atomic mass is 32.2. The second-order valence-electron chi connectivity index (χ2n) is 23.0. The predicted molar refractivity (Wildman–Crippen MR) is 314 cm³/mol. The van der Waals surface area contributed by atoms with Crippen LogP contribution in [0, 0.1) is 11.8 Å². The van der Waals surface area contributed by atoms with Crippen LogP contribution in [0.4, 0.5) is 0 Å². The van der Waals surface area contributed by atoms with E-state index in [-0.39, 0.29) is 44.6 Å². The van der Waals surface area contributed by atoms with Gasteiger partial charge in [0.25, 0.3) is 10.1 Å². The van der Waals surface area contributed by atoms with E-state index in [1.165, 1.54) is 38.9 Å². The third-order valence-electron chi connectivity index (χ3n) is 13.9. The maximum atomic E-state index is 14.2. The SMILES string of the molecule is CC(C)CCCCCCC(O)CC(=O)NC(CS(=O)(=O)O)C(=O)NC(CC(C)C)C(=O)NCCCC(=O)NC(Cc1cnc[nH]1)C(=O)NC(C)C(=O)NC1C(=O)NC(C(C)O)C(=O)NC(Cc2cnc[nH]2)C(=O)NC(C)C(=O)NC(C(C)O)C(=O)OC1C. The molecule has 0 radical (unpaired) electrons. The maximum absolute atomic E-state index is 14.2. The number of hydrogen-bond acceptors (Lipinski definition) is 19. The van der Waals surface area contributed by atoms with Crippen molar-refractivity contribution in [2.24, 2.45) is 11.8 Å². The smallest absolute Gasteiger partial charge is 0.331 e. The number of carbonyl (C=O) groups is 11. The Morgan fingerprint density at radius 3 is 1.80 bits per heavy atom. The Bertz CT molecular complexity index is 2750. The molecule has 494 valence electrons. The summed E-state index contributed by atoms with van der Waals surface area (Å²) in [5.74, 6) is -11.8. The van der Waals surface area contributed by atoms with Gasteiger partial charge in [0.15, 0.2) is 6.04 Å². The molecular formula is C55H90N14O18S. The quantitative estimate of drug-likeness (QED) is 0.0193. The van der Waals surface area contributed by atoms with Crippen molar-refractivity contribution < 1.29 is 85.8 Å². The number of unbranched alkanes of at least 4 members (excludes halogenated alkanes) is 3. The average Bonchev–Trinajstić information content (AvgIpc) is 3.21. The number of rotatable bonds is 32. The highest BCUT2D eigenvalue weighted by molar-refractivity contribution is 7.85. The van der Waals surface area contributed by atoms with Crippen LogP contribution in [-0.2, 0) is 80.4 Å². The fourth-order valence-electron chi connectivity index (χ4n) is 9.05. The lowest BCUT2D eigenvalue weighted by Crippen LogP contribution is -2.64. The minimum absolute atomic E-state index is 0.0332. The normalized spacial score (nSPS) is 21.3. The van der Waals surface area contributed by atoms with Gasteiger partial charge in [0.1, 0.15) is 60.2 Å². The molecule has 0 bridgehead atoms. The maximum Gasteiger partial charge on any atom is 0.331 e. The van der Waals surface area contributed by atoms with E-state index in [1.54, 1.807) is 13.8 Å². The number of hydrogen-bond donors (Lipinski definition) is 16. The topological polar surface area (TPSA) is 490 Å². The van der Waals surface area contributed by atoms with E-state index >= 15 is 0 Å². The highest BCUT2D eigenvalue weighted by Crippen LogP contribution is 2.15. The van der Waals surface area contributed by atoms with Crippen LogP contribution in [0.2, 0.25) is 0 Å². The number of aliphatic hydroxyl groups is 3. The number of H-pyrrole nitrogens is 2. The van der Waals surface area contributed by atoms with Crippen molar-refractivity contribution in [1.82, 2.24) is 73.1 Å². The number of nitrogens with zero attached hydrogens (tertiary/aromatic N) is 2. The fourth-order valence-corrected chi connectivity index (χ4v) is 9.70. The van der Waals surface area contributed by atoms with Gasteiger partial charge in [-0.3, -0.25) is 52.5 Å². The van der Waals surface area contributed by atoms with Crippen LogP contribution in [0.25, 0.3) is 0 Å². The molecule has 88 heavy (non-hydrogen) atoms. The zero-order chi connectivity index (χ0) is 66.0. The first kappa shape index (κ1) is 74.6. The van der Waals surface area contributed by atoms with Crippen molar-refractivity contribution in [1.29, 1.82) is 0 Å². The van der Waals surface area contributed by atoms with E-state index in [4.69, 9.17) is 4.74 Å². The third-order valence-corrected chi connectivity index (χ3v) is 14.7. The molecule has 1 aliphatic heterocycles. The summed E-state index contributed by atoms with van der Waals surface area (Å²) in [6.07, 6.45) is 2.94. The molecule has 16 N–H and O–H groups in total. The molecule has 2 aromatic heterocycles. The molecule has 3 rings (SSSR count). The first-order valence-electron chi connectivity index (χ1n) is 29.4. The summed E-state index contributed by atoms with van der Waals surface area (Å²) in [6, 6.07) is -14.5.